The summed E-state index contributed by atoms with van der Waals surface area (Å²) in [5, 5.41) is 5.96. The van der Waals surface area contributed by atoms with Crippen molar-refractivity contribution in [3.63, 3.8) is 0 Å². The van der Waals surface area contributed by atoms with Crippen LogP contribution in [0, 0.1) is 0 Å². The first-order valence-corrected chi connectivity index (χ1v) is 6.88. The SMILES string of the molecule is CCOC(=O)Nc1ccc2c(c1)NC=Cc1ccccc1-2. The maximum Gasteiger partial charge on any atom is 0.411 e. The van der Waals surface area contributed by atoms with E-state index in [0.717, 1.165) is 22.4 Å². The van der Waals surface area contributed by atoms with Gasteiger partial charge in [-0.15, -0.1) is 0 Å². The van der Waals surface area contributed by atoms with Gasteiger partial charge in [-0.25, -0.2) is 4.79 Å². The van der Waals surface area contributed by atoms with Gasteiger partial charge in [-0.2, -0.15) is 0 Å². The van der Waals surface area contributed by atoms with Gasteiger partial charge < -0.3 is 10.1 Å². The van der Waals surface area contributed by atoms with Crippen LogP contribution in [0.4, 0.5) is 16.2 Å². The third kappa shape index (κ3) is 2.74. The van der Waals surface area contributed by atoms with E-state index in [1.807, 2.05) is 42.6 Å². The Morgan fingerprint density at radius 2 is 2.05 bits per heavy atom. The lowest BCUT2D eigenvalue weighted by Crippen LogP contribution is -2.13. The van der Waals surface area contributed by atoms with Crippen molar-refractivity contribution in [1.82, 2.24) is 0 Å². The number of rotatable bonds is 2. The number of carbonyl (C=O) groups excluding carboxylic acids is 1. The predicted molar refractivity (Wildman–Crippen MR) is 85.2 cm³/mol. The summed E-state index contributed by atoms with van der Waals surface area (Å²) in [6, 6.07) is 14.0. The number of benzene rings is 2. The molecule has 2 aromatic carbocycles. The fourth-order valence-electron chi connectivity index (χ4n) is 2.37. The zero-order chi connectivity index (χ0) is 14.7. The molecule has 1 aliphatic rings. The monoisotopic (exact) mass is 280 g/mol. The Morgan fingerprint density at radius 1 is 1.19 bits per heavy atom. The van der Waals surface area contributed by atoms with Gasteiger partial charge in [-0.3, -0.25) is 5.32 Å². The number of amides is 1. The largest absolute Gasteiger partial charge is 0.450 e. The molecule has 106 valence electrons. The van der Waals surface area contributed by atoms with Crippen molar-refractivity contribution in [3.05, 3.63) is 54.2 Å². The van der Waals surface area contributed by atoms with Gasteiger partial charge in [0.05, 0.1) is 6.61 Å². The second-order valence-corrected chi connectivity index (χ2v) is 4.67. The van der Waals surface area contributed by atoms with Crippen LogP contribution < -0.4 is 10.6 Å². The van der Waals surface area contributed by atoms with Crippen molar-refractivity contribution in [2.24, 2.45) is 0 Å². The summed E-state index contributed by atoms with van der Waals surface area (Å²) in [6.45, 7) is 2.13. The number of hydrogen-bond acceptors (Lipinski definition) is 3. The van der Waals surface area contributed by atoms with Crippen molar-refractivity contribution >= 4 is 23.5 Å². The van der Waals surface area contributed by atoms with Crippen LogP contribution in [0.1, 0.15) is 12.5 Å². The molecule has 0 spiro atoms. The summed E-state index contributed by atoms with van der Waals surface area (Å²) in [7, 11) is 0. The fraction of sp³-hybridized carbons (Fsp3) is 0.118. The Morgan fingerprint density at radius 3 is 2.90 bits per heavy atom. The van der Waals surface area contributed by atoms with Gasteiger partial charge in [0, 0.05) is 23.1 Å². The first-order chi connectivity index (χ1) is 10.3. The van der Waals surface area contributed by atoms with Gasteiger partial charge in [-0.05, 0) is 36.3 Å². The number of hydrogen-bond donors (Lipinski definition) is 2. The lowest BCUT2D eigenvalue weighted by molar-refractivity contribution is 0.168. The zero-order valence-electron chi connectivity index (χ0n) is 11.7. The van der Waals surface area contributed by atoms with E-state index in [2.05, 4.69) is 22.8 Å². The summed E-state index contributed by atoms with van der Waals surface area (Å²) < 4.78 is 4.89. The van der Waals surface area contributed by atoms with Gasteiger partial charge >= 0.3 is 6.09 Å². The van der Waals surface area contributed by atoms with E-state index >= 15 is 0 Å². The molecule has 4 nitrogen and oxygen atoms in total. The van der Waals surface area contributed by atoms with E-state index in [1.165, 1.54) is 0 Å². The molecule has 1 heterocycles. The number of fused-ring (bicyclic) bond motifs is 3. The molecule has 0 aliphatic carbocycles. The van der Waals surface area contributed by atoms with Crippen LogP contribution in [0.25, 0.3) is 17.2 Å². The van der Waals surface area contributed by atoms with Crippen molar-refractivity contribution in [1.29, 1.82) is 0 Å². The quantitative estimate of drug-likeness (QED) is 0.861. The number of ether oxygens (including phenoxy) is 1. The van der Waals surface area contributed by atoms with E-state index in [0.29, 0.717) is 12.3 Å². The molecule has 1 amide bonds. The minimum absolute atomic E-state index is 0.352. The summed E-state index contributed by atoms with van der Waals surface area (Å²) in [5.41, 5.74) is 5.08. The summed E-state index contributed by atoms with van der Waals surface area (Å²) in [5.74, 6) is 0. The van der Waals surface area contributed by atoms with Crippen LogP contribution >= 0.6 is 0 Å². The molecule has 21 heavy (non-hydrogen) atoms. The molecule has 2 aromatic rings. The molecule has 2 N–H and O–H groups in total. The molecule has 0 saturated heterocycles. The highest BCUT2D eigenvalue weighted by Gasteiger charge is 2.12. The average molecular weight is 280 g/mol. The van der Waals surface area contributed by atoms with Gasteiger partial charge in [0.15, 0.2) is 0 Å². The molecule has 0 bridgehead atoms. The summed E-state index contributed by atoms with van der Waals surface area (Å²) in [6.07, 6.45) is 3.49. The van der Waals surface area contributed by atoms with Gasteiger partial charge in [0.25, 0.3) is 0 Å². The third-order valence-corrected chi connectivity index (χ3v) is 3.29. The fourth-order valence-corrected chi connectivity index (χ4v) is 2.37. The summed E-state index contributed by atoms with van der Waals surface area (Å²) >= 11 is 0. The topological polar surface area (TPSA) is 50.4 Å². The van der Waals surface area contributed by atoms with Crippen molar-refractivity contribution in [2.75, 3.05) is 17.2 Å². The average Bonchev–Trinajstić information content (AvgIpc) is 2.66. The molecule has 3 rings (SSSR count). The molecule has 0 radical (unpaired) electrons. The predicted octanol–water partition coefficient (Wildman–Crippen LogP) is 4.32. The number of nitrogens with one attached hydrogen (secondary N) is 2. The van der Waals surface area contributed by atoms with Crippen LogP contribution in [-0.4, -0.2) is 12.7 Å². The van der Waals surface area contributed by atoms with E-state index in [1.54, 1.807) is 6.92 Å². The minimum Gasteiger partial charge on any atom is -0.450 e. The minimum atomic E-state index is -0.443. The standard InChI is InChI=1S/C17H16N2O2/c1-2-21-17(20)19-13-7-8-15-14-6-4-3-5-12(14)9-10-18-16(15)11-13/h3-11,18H,2H2,1H3,(H,19,20). The van der Waals surface area contributed by atoms with Gasteiger partial charge in [0.2, 0.25) is 0 Å². The Bertz CT molecular complexity index is 708. The first-order valence-electron chi connectivity index (χ1n) is 6.88. The lowest BCUT2D eigenvalue weighted by atomic mass is 9.99. The van der Waals surface area contributed by atoms with Crippen molar-refractivity contribution < 1.29 is 9.53 Å². The molecular formula is C17H16N2O2. The molecule has 0 fully saturated rings. The molecule has 0 aromatic heterocycles. The van der Waals surface area contributed by atoms with Crippen LogP contribution in [0.5, 0.6) is 0 Å². The Balaban J connectivity index is 1.96. The molecule has 1 aliphatic heterocycles. The number of carbonyl (C=O) groups is 1. The molecule has 0 saturated carbocycles. The van der Waals surface area contributed by atoms with Crippen LogP contribution in [0.2, 0.25) is 0 Å². The van der Waals surface area contributed by atoms with Crippen LogP contribution in [-0.2, 0) is 4.74 Å². The maximum atomic E-state index is 11.5. The van der Waals surface area contributed by atoms with Crippen molar-refractivity contribution in [3.8, 4) is 11.1 Å². The van der Waals surface area contributed by atoms with Gasteiger partial charge in [0.1, 0.15) is 0 Å². The second kappa shape index (κ2) is 5.71. The summed E-state index contributed by atoms with van der Waals surface area (Å²) in [4.78, 5) is 11.5. The van der Waals surface area contributed by atoms with E-state index in [9.17, 15) is 4.79 Å². The lowest BCUT2D eigenvalue weighted by Gasteiger charge is -2.12. The van der Waals surface area contributed by atoms with Crippen molar-refractivity contribution in [2.45, 2.75) is 6.92 Å². The zero-order valence-corrected chi connectivity index (χ0v) is 11.7. The molecule has 0 unspecified atom stereocenters. The van der Waals surface area contributed by atoms with Crippen LogP contribution in [0.15, 0.2) is 48.7 Å². The van der Waals surface area contributed by atoms with E-state index in [-0.39, 0.29) is 0 Å². The Labute approximate surface area is 123 Å². The highest BCUT2D eigenvalue weighted by atomic mass is 16.5. The van der Waals surface area contributed by atoms with Gasteiger partial charge in [-0.1, -0.05) is 30.3 Å². The maximum absolute atomic E-state index is 11.5. The molecule has 4 heteroatoms. The van der Waals surface area contributed by atoms with E-state index < -0.39 is 6.09 Å². The Kier molecular flexibility index (Phi) is 3.60. The second-order valence-electron chi connectivity index (χ2n) is 4.67. The van der Waals surface area contributed by atoms with E-state index in [4.69, 9.17) is 4.74 Å². The Hall–Kier alpha value is -2.75. The highest BCUT2D eigenvalue weighted by molar-refractivity contribution is 5.91. The third-order valence-electron chi connectivity index (χ3n) is 3.29. The smallest absolute Gasteiger partial charge is 0.411 e. The normalized spacial score (nSPS) is 11.7. The van der Waals surface area contributed by atoms with Crippen LogP contribution in [0.3, 0.4) is 0 Å². The highest BCUT2D eigenvalue weighted by Crippen LogP contribution is 2.35. The molecular weight excluding hydrogens is 264 g/mol. The molecule has 0 atom stereocenters. The first kappa shape index (κ1) is 13.2. The number of anilines is 2.